The lowest BCUT2D eigenvalue weighted by molar-refractivity contribution is 0.0979. The fourth-order valence-electron chi connectivity index (χ4n) is 4.21. The van der Waals surface area contributed by atoms with Crippen LogP contribution in [0.1, 0.15) is 63.7 Å². The Kier molecular flexibility index (Phi) is 5.48. The van der Waals surface area contributed by atoms with Crippen LogP contribution in [-0.2, 0) is 0 Å². The molecule has 0 aromatic heterocycles. The van der Waals surface area contributed by atoms with Crippen LogP contribution in [0.25, 0.3) is 0 Å². The van der Waals surface area contributed by atoms with Gasteiger partial charge in [0.2, 0.25) is 0 Å². The van der Waals surface area contributed by atoms with Gasteiger partial charge in [0.1, 0.15) is 0 Å². The van der Waals surface area contributed by atoms with Gasteiger partial charge in [-0.15, -0.1) is 0 Å². The monoisotopic (exact) mass is 484 g/mol. The second kappa shape index (κ2) is 8.49. The quantitative estimate of drug-likeness (QED) is 0.256. The van der Waals surface area contributed by atoms with E-state index in [0.717, 1.165) is 0 Å². The molecule has 0 heterocycles. The van der Waals surface area contributed by atoms with Gasteiger partial charge in [-0.3, -0.25) is 19.2 Å². The predicted octanol–water partition coefficient (Wildman–Crippen LogP) is 6.23. The van der Waals surface area contributed by atoms with Gasteiger partial charge >= 0.3 is 0 Å². The molecule has 0 fully saturated rings. The van der Waals surface area contributed by atoms with Crippen LogP contribution in [0.3, 0.4) is 0 Å². The molecule has 6 rings (SSSR count). The molecule has 0 saturated carbocycles. The number of carbonyl (C=O) groups excluding carboxylic acids is 4. The summed E-state index contributed by atoms with van der Waals surface area (Å²) in [5, 5.41) is 0.658. The molecule has 2 aliphatic rings. The summed E-state index contributed by atoms with van der Waals surface area (Å²) in [6.45, 7) is 0. The summed E-state index contributed by atoms with van der Waals surface area (Å²) < 4.78 is 0. The van der Waals surface area contributed by atoms with Gasteiger partial charge in [0, 0.05) is 33.4 Å². The van der Waals surface area contributed by atoms with Crippen LogP contribution in [-0.4, -0.2) is 23.1 Å². The third-order valence-corrected chi connectivity index (χ3v) is 6.43. The summed E-state index contributed by atoms with van der Waals surface area (Å²) in [5.41, 5.74) is 3.17. The molecule has 4 aromatic rings. The fourth-order valence-corrected chi connectivity index (χ4v) is 4.73. The highest BCUT2D eigenvalue weighted by Gasteiger charge is 2.31. The molecule has 0 bridgehead atoms. The normalized spacial score (nSPS) is 13.2. The fraction of sp³-hybridized carbons (Fsp3) is 0. The van der Waals surface area contributed by atoms with E-state index in [1.165, 1.54) is 0 Å². The largest absolute Gasteiger partial charge is 0.289 e. The van der Waals surface area contributed by atoms with Crippen molar-refractivity contribution < 1.29 is 19.2 Å². The molecule has 34 heavy (non-hydrogen) atoms. The van der Waals surface area contributed by atoms with Gasteiger partial charge in [-0.1, -0.05) is 96.0 Å². The molecule has 0 saturated heterocycles. The number of hydrogen-bond acceptors (Lipinski definition) is 4. The Morgan fingerprint density at radius 3 is 1.00 bits per heavy atom. The Morgan fingerprint density at radius 2 is 0.647 bits per heavy atom. The smallest absolute Gasteiger partial charge is 0.196 e. The first-order valence-electron chi connectivity index (χ1n) is 10.3. The van der Waals surface area contributed by atoms with E-state index in [-0.39, 0.29) is 23.1 Å². The minimum absolute atomic E-state index is 0.141. The van der Waals surface area contributed by atoms with E-state index >= 15 is 0 Å². The number of benzene rings is 4. The van der Waals surface area contributed by atoms with E-state index < -0.39 is 0 Å². The van der Waals surface area contributed by atoms with Crippen LogP contribution in [0.15, 0.2) is 84.9 Å². The van der Waals surface area contributed by atoms with Crippen molar-refractivity contribution in [1.82, 2.24) is 0 Å². The maximum Gasteiger partial charge on any atom is 0.196 e. The summed E-state index contributed by atoms with van der Waals surface area (Å²) >= 11 is 12.0. The second-order valence-corrected chi connectivity index (χ2v) is 8.55. The zero-order valence-corrected chi connectivity index (χ0v) is 19.0. The van der Waals surface area contributed by atoms with Crippen molar-refractivity contribution in [3.63, 3.8) is 0 Å². The van der Waals surface area contributed by atoms with Crippen molar-refractivity contribution in [2.45, 2.75) is 0 Å². The molecule has 0 spiro atoms. The number of ketones is 4. The van der Waals surface area contributed by atoms with Crippen LogP contribution in [0.5, 0.6) is 0 Å². The summed E-state index contributed by atoms with van der Waals surface area (Å²) in [7, 11) is 0. The van der Waals surface area contributed by atoms with Crippen molar-refractivity contribution in [3.8, 4) is 0 Å². The van der Waals surface area contributed by atoms with Crippen molar-refractivity contribution in [3.05, 3.63) is 139 Å². The highest BCUT2D eigenvalue weighted by molar-refractivity contribution is 6.39. The van der Waals surface area contributed by atoms with E-state index in [9.17, 15) is 19.2 Å². The molecule has 0 aliphatic heterocycles. The number of halogens is 2. The zero-order valence-electron chi connectivity index (χ0n) is 17.5. The molecule has 4 aromatic carbocycles. The molecule has 0 unspecified atom stereocenters. The molecular weight excluding hydrogens is 471 g/mol. The summed E-state index contributed by atoms with van der Waals surface area (Å²) in [4.78, 5) is 48.9. The topological polar surface area (TPSA) is 68.3 Å². The third-order valence-electron chi connectivity index (χ3n) is 5.80. The van der Waals surface area contributed by atoms with Gasteiger partial charge in [-0.05, 0) is 12.1 Å². The van der Waals surface area contributed by atoms with Crippen LogP contribution in [0, 0.1) is 0 Å². The van der Waals surface area contributed by atoms with Crippen LogP contribution < -0.4 is 0 Å². The zero-order chi connectivity index (χ0) is 24.0. The van der Waals surface area contributed by atoms with Gasteiger partial charge in [0.05, 0.1) is 21.2 Å². The predicted molar refractivity (Wildman–Crippen MR) is 130 cm³/mol. The second-order valence-electron chi connectivity index (χ2n) is 7.73. The minimum atomic E-state index is -0.180. The molecule has 0 radical (unpaired) electrons. The summed E-state index contributed by atoms with van der Waals surface area (Å²) in [5.74, 6) is -0.642. The van der Waals surface area contributed by atoms with Crippen molar-refractivity contribution in [1.29, 1.82) is 0 Å². The molecule has 0 amide bonds. The van der Waals surface area contributed by atoms with Crippen LogP contribution in [0.2, 0.25) is 10.0 Å². The molecule has 0 N–H and O–H groups in total. The van der Waals surface area contributed by atoms with E-state index in [4.69, 9.17) is 23.2 Å². The molecule has 2 aliphatic carbocycles. The maximum atomic E-state index is 12.2. The Bertz CT molecular complexity index is 1440. The minimum Gasteiger partial charge on any atom is -0.289 e. The lowest BCUT2D eigenvalue weighted by Crippen LogP contribution is -2.21. The van der Waals surface area contributed by atoms with E-state index in [1.54, 1.807) is 84.9 Å². The standard InChI is InChI=1S/2C14H7ClO2/c2*15-11-7-3-6-10-12(11)14(17)9-5-2-1-4-8(9)13(10)16/h2*1-7H. The Balaban J connectivity index is 0.000000142. The van der Waals surface area contributed by atoms with Crippen molar-refractivity contribution in [2.75, 3.05) is 0 Å². The van der Waals surface area contributed by atoms with Gasteiger partial charge in [0.15, 0.2) is 23.1 Å². The highest BCUT2D eigenvalue weighted by Crippen LogP contribution is 2.32. The molecule has 164 valence electrons. The van der Waals surface area contributed by atoms with E-state index in [0.29, 0.717) is 54.6 Å². The Labute approximate surface area is 204 Å². The van der Waals surface area contributed by atoms with Crippen molar-refractivity contribution in [2.24, 2.45) is 0 Å². The lowest BCUT2D eigenvalue weighted by Gasteiger charge is -2.17. The first-order valence-corrected chi connectivity index (χ1v) is 11.1. The van der Waals surface area contributed by atoms with Gasteiger partial charge in [-0.25, -0.2) is 0 Å². The summed E-state index contributed by atoms with van der Waals surface area (Å²) in [6.07, 6.45) is 0. The maximum absolute atomic E-state index is 12.2. The lowest BCUT2D eigenvalue weighted by atomic mass is 9.84. The molecular formula is C28H14Cl2O4. The van der Waals surface area contributed by atoms with Crippen molar-refractivity contribution >= 4 is 46.3 Å². The van der Waals surface area contributed by atoms with Crippen LogP contribution in [0.4, 0.5) is 0 Å². The number of rotatable bonds is 0. The number of hydrogen-bond donors (Lipinski definition) is 0. The Morgan fingerprint density at radius 1 is 0.353 bits per heavy atom. The van der Waals surface area contributed by atoms with E-state index in [1.807, 2.05) is 0 Å². The SMILES string of the molecule is O=C1c2ccccc2C(=O)c2c(Cl)cccc21.O=C1c2ccccc2C(=O)c2c(Cl)cccc21. The number of fused-ring (bicyclic) bond motifs is 4. The third kappa shape index (κ3) is 3.39. The average molecular weight is 485 g/mol. The number of carbonyl (C=O) groups is 4. The average Bonchev–Trinajstić information content (AvgIpc) is 2.86. The summed E-state index contributed by atoms with van der Waals surface area (Å²) in [6, 6.07) is 23.5. The van der Waals surface area contributed by atoms with E-state index in [2.05, 4.69) is 0 Å². The van der Waals surface area contributed by atoms with Gasteiger partial charge in [-0.2, -0.15) is 0 Å². The molecule has 6 heteroatoms. The molecule has 0 atom stereocenters. The highest BCUT2D eigenvalue weighted by atomic mass is 35.5. The van der Waals surface area contributed by atoms with Gasteiger partial charge < -0.3 is 0 Å². The van der Waals surface area contributed by atoms with Gasteiger partial charge in [0.25, 0.3) is 0 Å². The van der Waals surface area contributed by atoms with Crippen LogP contribution >= 0.6 is 23.2 Å². The first-order chi connectivity index (χ1) is 16.4. The first kappa shape index (κ1) is 22.0. The molecule has 4 nitrogen and oxygen atoms in total. The Hall–Kier alpha value is -3.86.